The van der Waals surface area contributed by atoms with Crippen LogP contribution in [0.2, 0.25) is 0 Å². The van der Waals surface area contributed by atoms with E-state index in [9.17, 15) is 14.4 Å². The lowest BCUT2D eigenvalue weighted by Gasteiger charge is -2.07. The lowest BCUT2D eigenvalue weighted by atomic mass is 10.1. The molecule has 0 amide bonds. The number of benzene rings is 2. The van der Waals surface area contributed by atoms with Crippen LogP contribution in [-0.4, -0.2) is 23.5 Å². The molecule has 90 valence electrons. The standard InChI is InChI=1S/C10H8O5S2/c11-8-3-6(16-13)1-5-2-7(17(14)15)4-9(12)10(5)8/h1-4,11-13H,(H,14,15). The summed E-state index contributed by atoms with van der Waals surface area (Å²) < 4.78 is 28.8. The van der Waals surface area contributed by atoms with Gasteiger partial charge in [-0.1, -0.05) is 0 Å². The van der Waals surface area contributed by atoms with E-state index in [1.54, 1.807) is 0 Å². The van der Waals surface area contributed by atoms with Gasteiger partial charge in [-0.05, 0) is 29.7 Å². The average Bonchev–Trinajstić information content (AvgIpc) is 2.27. The second-order valence-electron chi connectivity index (χ2n) is 3.32. The van der Waals surface area contributed by atoms with Gasteiger partial charge >= 0.3 is 0 Å². The molecule has 17 heavy (non-hydrogen) atoms. The van der Waals surface area contributed by atoms with Crippen LogP contribution in [0.3, 0.4) is 0 Å². The molecule has 2 aromatic rings. The van der Waals surface area contributed by atoms with Crippen molar-refractivity contribution in [2.75, 3.05) is 0 Å². The Balaban J connectivity index is 2.81. The Morgan fingerprint density at radius 2 is 1.71 bits per heavy atom. The molecule has 0 saturated carbocycles. The van der Waals surface area contributed by atoms with Crippen LogP contribution in [0.25, 0.3) is 10.8 Å². The summed E-state index contributed by atoms with van der Waals surface area (Å²) in [6.45, 7) is 0. The van der Waals surface area contributed by atoms with Crippen molar-refractivity contribution in [3.8, 4) is 11.5 Å². The molecule has 4 N–H and O–H groups in total. The summed E-state index contributed by atoms with van der Waals surface area (Å²) in [5.41, 5.74) is 0. The highest BCUT2D eigenvalue weighted by Crippen LogP contribution is 2.37. The third-order valence-electron chi connectivity index (χ3n) is 2.26. The van der Waals surface area contributed by atoms with E-state index in [1.165, 1.54) is 18.2 Å². The van der Waals surface area contributed by atoms with Crippen LogP contribution in [0, 0.1) is 0 Å². The predicted molar refractivity (Wildman–Crippen MR) is 64.8 cm³/mol. The topological polar surface area (TPSA) is 98.0 Å². The number of hydrogen-bond donors (Lipinski definition) is 4. The first-order chi connectivity index (χ1) is 8.02. The molecule has 0 spiro atoms. The molecule has 2 aromatic carbocycles. The van der Waals surface area contributed by atoms with Gasteiger partial charge in [0.05, 0.1) is 10.3 Å². The van der Waals surface area contributed by atoms with E-state index in [1.807, 2.05) is 0 Å². The molecule has 0 aliphatic carbocycles. The monoisotopic (exact) mass is 272 g/mol. The van der Waals surface area contributed by atoms with E-state index in [0.29, 0.717) is 22.3 Å². The van der Waals surface area contributed by atoms with Crippen LogP contribution in [0.4, 0.5) is 0 Å². The smallest absolute Gasteiger partial charge is 0.186 e. The molecule has 1 unspecified atom stereocenters. The van der Waals surface area contributed by atoms with Gasteiger partial charge in [-0.15, -0.1) is 0 Å². The Bertz CT molecular complexity index is 611. The number of aromatic hydroxyl groups is 2. The van der Waals surface area contributed by atoms with Gasteiger partial charge in [-0.3, -0.25) is 0 Å². The second-order valence-corrected chi connectivity index (χ2v) is 4.95. The molecular formula is C10H8O5S2. The third-order valence-corrected chi connectivity index (χ3v) is 3.35. The van der Waals surface area contributed by atoms with Gasteiger partial charge in [-0.2, -0.15) is 0 Å². The minimum atomic E-state index is -2.22. The molecule has 0 fully saturated rings. The first-order valence-electron chi connectivity index (χ1n) is 4.45. The van der Waals surface area contributed by atoms with Crippen molar-refractivity contribution in [1.29, 1.82) is 0 Å². The maximum Gasteiger partial charge on any atom is 0.186 e. The zero-order chi connectivity index (χ0) is 12.6. The Kier molecular flexibility index (Phi) is 3.25. The van der Waals surface area contributed by atoms with Crippen LogP contribution < -0.4 is 0 Å². The van der Waals surface area contributed by atoms with Gasteiger partial charge in [0, 0.05) is 16.9 Å². The van der Waals surface area contributed by atoms with E-state index >= 15 is 0 Å². The molecule has 0 aliphatic heterocycles. The third kappa shape index (κ3) is 2.22. The Labute approximate surface area is 103 Å². The van der Waals surface area contributed by atoms with E-state index < -0.39 is 11.1 Å². The summed E-state index contributed by atoms with van der Waals surface area (Å²) in [5.74, 6) is -0.487. The van der Waals surface area contributed by atoms with E-state index in [4.69, 9.17) is 9.11 Å². The van der Waals surface area contributed by atoms with Crippen LogP contribution in [0.15, 0.2) is 34.1 Å². The molecule has 0 radical (unpaired) electrons. The van der Waals surface area contributed by atoms with Gasteiger partial charge in [-0.25, -0.2) is 4.21 Å². The molecule has 1 atom stereocenters. The predicted octanol–water partition coefficient (Wildman–Crippen LogP) is 2.40. The molecule has 0 saturated heterocycles. The lowest BCUT2D eigenvalue weighted by molar-refractivity contribution is 0.461. The molecule has 0 aromatic heterocycles. The summed E-state index contributed by atoms with van der Waals surface area (Å²) in [4.78, 5) is 0.393. The van der Waals surface area contributed by atoms with Gasteiger partial charge in [0.2, 0.25) is 0 Å². The van der Waals surface area contributed by atoms with Crippen LogP contribution in [-0.2, 0) is 11.1 Å². The SMILES string of the molecule is O=S(O)c1cc(O)c2c(O)cc(SO)cc2c1. The van der Waals surface area contributed by atoms with Gasteiger partial charge in [0.25, 0.3) is 0 Å². The van der Waals surface area contributed by atoms with Crippen molar-refractivity contribution in [2.24, 2.45) is 0 Å². The number of phenols is 2. The molecule has 7 heteroatoms. The Hall–Kier alpha value is -1.28. The second kappa shape index (κ2) is 4.53. The quantitative estimate of drug-likeness (QED) is 0.495. The van der Waals surface area contributed by atoms with E-state index in [0.717, 1.165) is 6.07 Å². The fraction of sp³-hybridized carbons (Fsp3) is 0. The van der Waals surface area contributed by atoms with E-state index in [2.05, 4.69) is 0 Å². The number of fused-ring (bicyclic) bond motifs is 1. The normalized spacial score (nSPS) is 12.8. The van der Waals surface area contributed by atoms with Crippen molar-refractivity contribution in [1.82, 2.24) is 0 Å². The summed E-state index contributed by atoms with van der Waals surface area (Å²) in [5, 5.41) is 19.9. The fourth-order valence-corrected chi connectivity index (χ4v) is 2.35. The highest BCUT2D eigenvalue weighted by Gasteiger charge is 2.12. The average molecular weight is 272 g/mol. The zero-order valence-electron chi connectivity index (χ0n) is 8.32. The van der Waals surface area contributed by atoms with Crippen LogP contribution in [0.1, 0.15) is 0 Å². The molecule has 0 bridgehead atoms. The van der Waals surface area contributed by atoms with E-state index in [-0.39, 0.29) is 21.8 Å². The van der Waals surface area contributed by atoms with Crippen molar-refractivity contribution in [3.63, 3.8) is 0 Å². The first kappa shape index (κ1) is 12.2. The minimum Gasteiger partial charge on any atom is -0.507 e. The molecular weight excluding hydrogens is 264 g/mol. The van der Waals surface area contributed by atoms with Crippen molar-refractivity contribution >= 4 is 33.9 Å². The molecule has 0 heterocycles. The molecule has 5 nitrogen and oxygen atoms in total. The largest absolute Gasteiger partial charge is 0.507 e. The van der Waals surface area contributed by atoms with Gasteiger partial charge < -0.3 is 19.3 Å². The summed E-state index contributed by atoms with van der Waals surface area (Å²) >= 11 is -1.78. The summed E-state index contributed by atoms with van der Waals surface area (Å²) in [7, 11) is 0. The van der Waals surface area contributed by atoms with Crippen molar-refractivity contribution < 1.29 is 23.5 Å². The Morgan fingerprint density at radius 1 is 1.06 bits per heavy atom. The highest BCUT2D eigenvalue weighted by atomic mass is 32.2. The summed E-state index contributed by atoms with van der Waals surface area (Å²) in [6.07, 6.45) is 0. The highest BCUT2D eigenvalue weighted by molar-refractivity contribution is 7.93. The molecule has 2 rings (SSSR count). The maximum atomic E-state index is 10.9. The lowest BCUT2D eigenvalue weighted by Crippen LogP contribution is -1.89. The Morgan fingerprint density at radius 3 is 2.29 bits per heavy atom. The van der Waals surface area contributed by atoms with Gasteiger partial charge in [0.15, 0.2) is 11.1 Å². The maximum absolute atomic E-state index is 10.9. The summed E-state index contributed by atoms with van der Waals surface area (Å²) in [6, 6.07) is 5.27. The molecule has 0 aliphatic rings. The van der Waals surface area contributed by atoms with Gasteiger partial charge in [0.1, 0.15) is 11.5 Å². The van der Waals surface area contributed by atoms with Crippen molar-refractivity contribution in [3.05, 3.63) is 24.3 Å². The minimum absolute atomic E-state index is 0.0227. The first-order valence-corrected chi connectivity index (χ1v) is 6.33. The number of rotatable bonds is 2. The fourth-order valence-electron chi connectivity index (χ4n) is 1.57. The number of phenolic OH excluding ortho intramolecular Hbond substituents is 2. The number of hydrogen-bond acceptors (Lipinski definition) is 5. The van der Waals surface area contributed by atoms with Crippen molar-refractivity contribution in [2.45, 2.75) is 9.79 Å². The van der Waals surface area contributed by atoms with Crippen LogP contribution >= 0.6 is 12.0 Å². The zero-order valence-corrected chi connectivity index (χ0v) is 9.96. The van der Waals surface area contributed by atoms with Crippen LogP contribution in [0.5, 0.6) is 11.5 Å².